The molecule has 3 rings (SSSR count). The summed E-state index contributed by atoms with van der Waals surface area (Å²) >= 11 is 0. The van der Waals surface area contributed by atoms with E-state index in [1.807, 2.05) is 6.07 Å². The minimum Gasteiger partial charge on any atom is -0.465 e. The normalized spacial score (nSPS) is 10.9. The van der Waals surface area contributed by atoms with Crippen molar-refractivity contribution in [3.05, 3.63) is 71.2 Å². The molecule has 0 saturated carbocycles. The molecule has 0 spiro atoms. The standard InChI is InChI=1S/C19H12F3N5O3/c1-30-18(29)13-8-12(19(20,21)22)2-3-14(13)24-17(28)15-4-5-16(26-25-15)27-7-6-11(9-23)10-27/h2-8,10H,1H3,(H,24,28). The second-order valence-corrected chi connectivity index (χ2v) is 5.90. The molecule has 0 aliphatic rings. The first-order valence-electron chi connectivity index (χ1n) is 8.26. The summed E-state index contributed by atoms with van der Waals surface area (Å²) in [4.78, 5) is 24.3. The number of halogens is 3. The number of benzene rings is 1. The van der Waals surface area contributed by atoms with Crippen molar-refractivity contribution in [2.24, 2.45) is 0 Å². The van der Waals surface area contributed by atoms with Crippen molar-refractivity contribution in [3.63, 3.8) is 0 Å². The van der Waals surface area contributed by atoms with Gasteiger partial charge in [0.2, 0.25) is 0 Å². The van der Waals surface area contributed by atoms with E-state index in [1.54, 1.807) is 12.3 Å². The van der Waals surface area contributed by atoms with Crippen LogP contribution in [0.25, 0.3) is 5.82 Å². The zero-order chi connectivity index (χ0) is 21.9. The van der Waals surface area contributed by atoms with Crippen LogP contribution in [0.2, 0.25) is 0 Å². The van der Waals surface area contributed by atoms with Gasteiger partial charge < -0.3 is 14.6 Å². The second-order valence-electron chi connectivity index (χ2n) is 5.90. The minimum absolute atomic E-state index is 0.137. The van der Waals surface area contributed by atoms with E-state index in [9.17, 15) is 22.8 Å². The number of carbonyl (C=O) groups excluding carboxylic acids is 2. The average molecular weight is 415 g/mol. The minimum atomic E-state index is -4.67. The highest BCUT2D eigenvalue weighted by atomic mass is 19.4. The summed E-state index contributed by atoms with van der Waals surface area (Å²) in [6.45, 7) is 0. The van der Waals surface area contributed by atoms with E-state index < -0.39 is 29.2 Å². The van der Waals surface area contributed by atoms with Crippen LogP contribution in [0.3, 0.4) is 0 Å². The molecule has 0 aliphatic carbocycles. The fourth-order valence-electron chi connectivity index (χ4n) is 2.48. The zero-order valence-electron chi connectivity index (χ0n) is 15.3. The van der Waals surface area contributed by atoms with Gasteiger partial charge in [0.15, 0.2) is 11.5 Å². The zero-order valence-corrected chi connectivity index (χ0v) is 15.3. The van der Waals surface area contributed by atoms with Crippen LogP contribution in [0.4, 0.5) is 18.9 Å². The van der Waals surface area contributed by atoms with Crippen LogP contribution < -0.4 is 5.32 Å². The molecule has 0 aliphatic heterocycles. The Morgan fingerprint density at radius 3 is 2.50 bits per heavy atom. The van der Waals surface area contributed by atoms with Gasteiger partial charge in [-0.3, -0.25) is 4.79 Å². The van der Waals surface area contributed by atoms with Gasteiger partial charge in [0.1, 0.15) is 6.07 Å². The molecule has 3 aromatic rings. The molecule has 0 atom stereocenters. The lowest BCUT2D eigenvalue weighted by molar-refractivity contribution is -0.137. The SMILES string of the molecule is COC(=O)c1cc(C(F)(F)F)ccc1NC(=O)c1ccc(-n2ccc(C#N)c2)nn1. The van der Waals surface area contributed by atoms with Crippen molar-refractivity contribution < 1.29 is 27.5 Å². The Balaban J connectivity index is 1.84. The lowest BCUT2D eigenvalue weighted by atomic mass is 10.1. The molecule has 0 saturated heterocycles. The smallest absolute Gasteiger partial charge is 0.416 e. The maximum Gasteiger partial charge on any atom is 0.416 e. The lowest BCUT2D eigenvalue weighted by Gasteiger charge is -2.13. The van der Waals surface area contributed by atoms with Crippen LogP contribution in [-0.4, -0.2) is 33.8 Å². The maximum atomic E-state index is 12.9. The Morgan fingerprint density at radius 2 is 1.93 bits per heavy atom. The molecule has 1 N–H and O–H groups in total. The third kappa shape index (κ3) is 4.27. The van der Waals surface area contributed by atoms with Crippen molar-refractivity contribution in [2.75, 3.05) is 12.4 Å². The summed E-state index contributed by atoms with van der Waals surface area (Å²) in [6, 6.07) is 8.62. The number of nitrogens with one attached hydrogen (secondary N) is 1. The highest BCUT2D eigenvalue weighted by Crippen LogP contribution is 2.32. The quantitative estimate of drug-likeness (QED) is 0.656. The van der Waals surface area contributed by atoms with Gasteiger partial charge in [-0.1, -0.05) is 0 Å². The number of methoxy groups -OCH3 is 1. The Labute approximate surface area is 167 Å². The number of ether oxygens (including phenoxy) is 1. The Bertz CT molecular complexity index is 1150. The van der Waals surface area contributed by atoms with E-state index in [0.29, 0.717) is 17.4 Å². The van der Waals surface area contributed by atoms with Crippen molar-refractivity contribution >= 4 is 17.6 Å². The number of hydrogen-bond acceptors (Lipinski definition) is 6. The molecule has 0 fully saturated rings. The molecule has 8 nitrogen and oxygen atoms in total. The highest BCUT2D eigenvalue weighted by molar-refractivity contribution is 6.07. The molecule has 11 heteroatoms. The van der Waals surface area contributed by atoms with Gasteiger partial charge in [0, 0.05) is 12.4 Å². The molecule has 30 heavy (non-hydrogen) atoms. The first-order valence-corrected chi connectivity index (χ1v) is 8.26. The number of amides is 1. The lowest BCUT2D eigenvalue weighted by Crippen LogP contribution is -2.18. The molecule has 0 unspecified atom stereocenters. The predicted molar refractivity (Wildman–Crippen MR) is 96.8 cm³/mol. The van der Waals surface area contributed by atoms with Gasteiger partial charge in [0.05, 0.1) is 29.5 Å². The third-order valence-corrected chi connectivity index (χ3v) is 3.97. The third-order valence-electron chi connectivity index (χ3n) is 3.97. The average Bonchev–Trinajstić information content (AvgIpc) is 3.22. The van der Waals surface area contributed by atoms with Crippen LogP contribution in [0.15, 0.2) is 48.8 Å². The number of carbonyl (C=O) groups is 2. The van der Waals surface area contributed by atoms with E-state index in [0.717, 1.165) is 19.2 Å². The highest BCUT2D eigenvalue weighted by Gasteiger charge is 2.32. The number of anilines is 1. The first kappa shape index (κ1) is 20.5. The number of nitrogens with zero attached hydrogens (tertiary/aromatic N) is 4. The van der Waals surface area contributed by atoms with Gasteiger partial charge in [-0.05, 0) is 36.4 Å². The van der Waals surface area contributed by atoms with Gasteiger partial charge in [-0.25, -0.2) is 4.79 Å². The Kier molecular flexibility index (Phi) is 5.50. The largest absolute Gasteiger partial charge is 0.465 e. The maximum absolute atomic E-state index is 12.9. The van der Waals surface area contributed by atoms with Crippen molar-refractivity contribution in [3.8, 4) is 11.9 Å². The number of esters is 1. The van der Waals surface area contributed by atoms with E-state index >= 15 is 0 Å². The summed E-state index contributed by atoms with van der Waals surface area (Å²) < 4.78 is 44.8. The summed E-state index contributed by atoms with van der Waals surface area (Å²) in [7, 11) is 1.01. The molecule has 1 aromatic carbocycles. The van der Waals surface area contributed by atoms with Crippen LogP contribution in [0.5, 0.6) is 0 Å². The van der Waals surface area contributed by atoms with Gasteiger partial charge >= 0.3 is 12.1 Å². The molecular weight excluding hydrogens is 403 g/mol. The van der Waals surface area contributed by atoms with Crippen molar-refractivity contribution in [1.82, 2.24) is 14.8 Å². The number of rotatable bonds is 4. The number of hydrogen-bond donors (Lipinski definition) is 1. The molecule has 0 radical (unpaired) electrons. The molecule has 2 heterocycles. The number of alkyl halides is 3. The van der Waals surface area contributed by atoms with Crippen LogP contribution in [-0.2, 0) is 10.9 Å². The van der Waals surface area contributed by atoms with E-state index in [4.69, 9.17) is 5.26 Å². The topological polar surface area (TPSA) is 110 Å². The number of aromatic nitrogens is 3. The monoisotopic (exact) mass is 415 g/mol. The van der Waals surface area contributed by atoms with Gasteiger partial charge in [-0.15, -0.1) is 10.2 Å². The Hall–Kier alpha value is -4.20. The van der Waals surface area contributed by atoms with E-state index in [2.05, 4.69) is 20.3 Å². The molecule has 152 valence electrons. The van der Waals surface area contributed by atoms with Crippen LogP contribution in [0, 0.1) is 11.3 Å². The molecular formula is C19H12F3N5O3. The predicted octanol–water partition coefficient (Wildman–Crippen LogP) is 3.20. The summed E-state index contributed by atoms with van der Waals surface area (Å²) in [6.07, 6.45) is -1.56. The second kappa shape index (κ2) is 8.04. The van der Waals surface area contributed by atoms with Crippen molar-refractivity contribution in [1.29, 1.82) is 5.26 Å². The van der Waals surface area contributed by atoms with Gasteiger partial charge in [-0.2, -0.15) is 18.4 Å². The summed E-state index contributed by atoms with van der Waals surface area (Å²) in [5, 5.41) is 18.8. The summed E-state index contributed by atoms with van der Waals surface area (Å²) in [5.41, 5.74) is -1.41. The number of nitriles is 1. The molecule has 2 aromatic heterocycles. The van der Waals surface area contributed by atoms with E-state index in [1.165, 1.54) is 22.9 Å². The van der Waals surface area contributed by atoms with Crippen LogP contribution >= 0.6 is 0 Å². The van der Waals surface area contributed by atoms with Crippen LogP contribution in [0.1, 0.15) is 32.0 Å². The molecule has 0 bridgehead atoms. The fourth-order valence-corrected chi connectivity index (χ4v) is 2.48. The first-order chi connectivity index (χ1) is 14.2. The molecule has 1 amide bonds. The fraction of sp³-hybridized carbons (Fsp3) is 0.105. The Morgan fingerprint density at radius 1 is 1.17 bits per heavy atom. The van der Waals surface area contributed by atoms with Crippen molar-refractivity contribution in [2.45, 2.75) is 6.18 Å². The van der Waals surface area contributed by atoms with E-state index in [-0.39, 0.29) is 11.4 Å². The van der Waals surface area contributed by atoms with Gasteiger partial charge in [0.25, 0.3) is 5.91 Å². The summed E-state index contributed by atoms with van der Waals surface area (Å²) in [5.74, 6) is -1.49.